The van der Waals surface area contributed by atoms with Crippen LogP contribution in [0.1, 0.15) is 56.0 Å². The van der Waals surface area contributed by atoms with Gasteiger partial charge in [-0.1, -0.05) is 5.16 Å². The molecule has 1 aliphatic carbocycles. The lowest BCUT2D eigenvalue weighted by atomic mass is 10.1. The average molecular weight is 334 g/mol. The molecule has 2 aromatic heterocycles. The van der Waals surface area contributed by atoms with Crippen LogP contribution in [0.4, 0.5) is 5.00 Å². The fraction of sp³-hybridized carbons (Fsp3) is 0.438. The molecule has 0 saturated heterocycles. The third-order valence-corrected chi connectivity index (χ3v) is 5.10. The Morgan fingerprint density at radius 3 is 2.74 bits per heavy atom. The normalized spacial score (nSPS) is 13.0. The minimum Gasteiger partial charge on any atom is -0.462 e. The molecule has 23 heavy (non-hydrogen) atoms. The number of esters is 1. The Bertz CT molecular complexity index is 756. The van der Waals surface area contributed by atoms with E-state index in [1.165, 1.54) is 11.3 Å². The van der Waals surface area contributed by atoms with Gasteiger partial charge in [0.15, 0.2) is 0 Å². The van der Waals surface area contributed by atoms with Crippen LogP contribution in [0.5, 0.6) is 0 Å². The number of thiophene rings is 1. The van der Waals surface area contributed by atoms with E-state index in [2.05, 4.69) is 10.5 Å². The number of anilines is 1. The maximum Gasteiger partial charge on any atom is 0.341 e. The number of aryl methyl sites for hydroxylation is 3. The van der Waals surface area contributed by atoms with Crippen LogP contribution in [0.15, 0.2) is 4.52 Å². The number of nitrogens with one attached hydrogen (secondary N) is 1. The van der Waals surface area contributed by atoms with Crippen molar-refractivity contribution in [3.05, 3.63) is 33.0 Å². The highest BCUT2D eigenvalue weighted by Gasteiger charge is 2.29. The van der Waals surface area contributed by atoms with Crippen molar-refractivity contribution in [2.45, 2.75) is 40.0 Å². The number of hydrogen-bond donors (Lipinski definition) is 1. The van der Waals surface area contributed by atoms with Crippen LogP contribution in [-0.4, -0.2) is 23.6 Å². The van der Waals surface area contributed by atoms with E-state index in [0.717, 1.165) is 29.7 Å². The fourth-order valence-electron chi connectivity index (χ4n) is 2.88. The molecule has 3 rings (SSSR count). The summed E-state index contributed by atoms with van der Waals surface area (Å²) in [5.74, 6) is -0.227. The molecule has 7 heteroatoms. The number of carbonyl (C=O) groups is 2. The maximum absolute atomic E-state index is 12.5. The minimum absolute atomic E-state index is 0.306. The Kier molecular flexibility index (Phi) is 4.21. The molecule has 2 heterocycles. The summed E-state index contributed by atoms with van der Waals surface area (Å²) in [5.41, 5.74) is 2.46. The van der Waals surface area contributed by atoms with Gasteiger partial charge in [0, 0.05) is 4.88 Å². The van der Waals surface area contributed by atoms with Gasteiger partial charge in [0.2, 0.25) is 0 Å². The lowest BCUT2D eigenvalue weighted by Crippen LogP contribution is -2.16. The van der Waals surface area contributed by atoms with Gasteiger partial charge in [-0.25, -0.2) is 4.79 Å². The van der Waals surface area contributed by atoms with E-state index >= 15 is 0 Å². The molecule has 0 atom stereocenters. The van der Waals surface area contributed by atoms with Gasteiger partial charge in [-0.15, -0.1) is 11.3 Å². The van der Waals surface area contributed by atoms with Gasteiger partial charge in [0.1, 0.15) is 16.3 Å². The van der Waals surface area contributed by atoms with E-state index < -0.39 is 0 Å². The van der Waals surface area contributed by atoms with Gasteiger partial charge >= 0.3 is 5.97 Å². The van der Waals surface area contributed by atoms with Crippen LogP contribution >= 0.6 is 11.3 Å². The monoisotopic (exact) mass is 334 g/mol. The highest BCUT2D eigenvalue weighted by Crippen LogP contribution is 2.39. The van der Waals surface area contributed by atoms with Crippen molar-refractivity contribution in [3.8, 4) is 0 Å². The molecule has 0 saturated carbocycles. The van der Waals surface area contributed by atoms with E-state index in [9.17, 15) is 9.59 Å². The molecule has 0 radical (unpaired) electrons. The van der Waals surface area contributed by atoms with Gasteiger partial charge < -0.3 is 14.6 Å². The van der Waals surface area contributed by atoms with Crippen molar-refractivity contribution >= 4 is 28.2 Å². The molecule has 122 valence electrons. The zero-order chi connectivity index (χ0) is 16.6. The molecule has 1 amide bonds. The molecule has 0 bridgehead atoms. The Hall–Kier alpha value is -2.15. The van der Waals surface area contributed by atoms with Crippen molar-refractivity contribution in [3.63, 3.8) is 0 Å². The molecule has 0 aliphatic heterocycles. The molecule has 0 unspecified atom stereocenters. The Balaban J connectivity index is 1.94. The van der Waals surface area contributed by atoms with Crippen LogP contribution < -0.4 is 5.32 Å². The van der Waals surface area contributed by atoms with E-state index in [-0.39, 0.29) is 11.9 Å². The van der Waals surface area contributed by atoms with Crippen molar-refractivity contribution in [2.24, 2.45) is 0 Å². The largest absolute Gasteiger partial charge is 0.462 e. The third kappa shape index (κ3) is 2.76. The molecule has 1 N–H and O–H groups in total. The van der Waals surface area contributed by atoms with Crippen LogP contribution in [-0.2, 0) is 17.6 Å². The first-order valence-electron chi connectivity index (χ1n) is 7.58. The summed E-state index contributed by atoms with van der Waals surface area (Å²) in [6.07, 6.45) is 2.82. The summed E-state index contributed by atoms with van der Waals surface area (Å²) in [5, 5.41) is 7.19. The van der Waals surface area contributed by atoms with E-state index in [1.807, 2.05) is 0 Å². The summed E-state index contributed by atoms with van der Waals surface area (Å²) in [4.78, 5) is 26.0. The Labute approximate surface area is 137 Å². The Morgan fingerprint density at radius 1 is 1.30 bits per heavy atom. The second-order valence-electron chi connectivity index (χ2n) is 5.44. The topological polar surface area (TPSA) is 81.4 Å². The number of hydrogen-bond acceptors (Lipinski definition) is 6. The number of rotatable bonds is 4. The van der Waals surface area contributed by atoms with Crippen molar-refractivity contribution in [2.75, 3.05) is 11.9 Å². The molecule has 0 fully saturated rings. The second-order valence-corrected chi connectivity index (χ2v) is 6.54. The van der Waals surface area contributed by atoms with Gasteiger partial charge in [-0.05, 0) is 45.6 Å². The van der Waals surface area contributed by atoms with Crippen LogP contribution in [0.3, 0.4) is 0 Å². The highest BCUT2D eigenvalue weighted by atomic mass is 32.1. The number of amides is 1. The first-order chi connectivity index (χ1) is 11.0. The van der Waals surface area contributed by atoms with Crippen LogP contribution in [0, 0.1) is 13.8 Å². The number of fused-ring (bicyclic) bond motifs is 1. The summed E-state index contributed by atoms with van der Waals surface area (Å²) in [6, 6.07) is 0. The van der Waals surface area contributed by atoms with E-state index in [1.54, 1.807) is 20.8 Å². The summed E-state index contributed by atoms with van der Waals surface area (Å²) < 4.78 is 10.2. The maximum atomic E-state index is 12.5. The van der Waals surface area contributed by atoms with Gasteiger partial charge in [-0.3, -0.25) is 4.79 Å². The molecule has 0 spiro atoms. The number of carbonyl (C=O) groups excluding carboxylic acids is 2. The van der Waals surface area contributed by atoms with Crippen molar-refractivity contribution in [1.29, 1.82) is 0 Å². The zero-order valence-electron chi connectivity index (χ0n) is 13.3. The van der Waals surface area contributed by atoms with Crippen molar-refractivity contribution in [1.82, 2.24) is 5.16 Å². The summed E-state index contributed by atoms with van der Waals surface area (Å²) in [6.45, 7) is 5.48. The van der Waals surface area contributed by atoms with Crippen molar-refractivity contribution < 1.29 is 18.8 Å². The SMILES string of the molecule is CCOC(=O)c1c(NC(=O)c2c(C)noc2C)sc2c1CCC2. The first-order valence-corrected chi connectivity index (χ1v) is 8.40. The Morgan fingerprint density at radius 2 is 2.09 bits per heavy atom. The van der Waals surface area contributed by atoms with Gasteiger partial charge in [0.05, 0.1) is 17.9 Å². The molecule has 0 aromatic carbocycles. The number of ether oxygens (including phenoxy) is 1. The minimum atomic E-state index is -0.374. The average Bonchev–Trinajstić information content (AvgIpc) is 3.14. The predicted molar refractivity (Wildman–Crippen MR) is 86.2 cm³/mol. The van der Waals surface area contributed by atoms with E-state index in [0.29, 0.717) is 34.2 Å². The standard InChI is InChI=1S/C16H18N2O4S/c1-4-21-16(20)13-10-6-5-7-11(10)23-15(13)17-14(19)12-8(2)18-22-9(12)3/h4-7H2,1-3H3,(H,17,19). The highest BCUT2D eigenvalue weighted by molar-refractivity contribution is 7.17. The van der Waals surface area contributed by atoms with Gasteiger partial charge in [-0.2, -0.15) is 0 Å². The summed E-state index contributed by atoms with van der Waals surface area (Å²) >= 11 is 1.46. The van der Waals surface area contributed by atoms with Crippen LogP contribution in [0.25, 0.3) is 0 Å². The molecule has 2 aromatic rings. The quantitative estimate of drug-likeness (QED) is 0.868. The van der Waals surface area contributed by atoms with Gasteiger partial charge in [0.25, 0.3) is 5.91 Å². The fourth-order valence-corrected chi connectivity index (χ4v) is 4.16. The number of nitrogens with zero attached hydrogens (tertiary/aromatic N) is 1. The van der Waals surface area contributed by atoms with E-state index in [4.69, 9.17) is 9.26 Å². The number of aromatic nitrogens is 1. The third-order valence-electron chi connectivity index (χ3n) is 3.89. The smallest absolute Gasteiger partial charge is 0.341 e. The first kappa shape index (κ1) is 15.7. The molecule has 6 nitrogen and oxygen atoms in total. The second kappa shape index (κ2) is 6.16. The molecular formula is C16H18N2O4S. The molecule has 1 aliphatic rings. The molecular weight excluding hydrogens is 316 g/mol. The predicted octanol–water partition coefficient (Wildman–Crippen LogP) is 3.27. The lowest BCUT2D eigenvalue weighted by molar-refractivity contribution is 0.0527. The zero-order valence-corrected chi connectivity index (χ0v) is 14.1. The van der Waals surface area contributed by atoms with Crippen LogP contribution in [0.2, 0.25) is 0 Å². The summed E-state index contributed by atoms with van der Waals surface area (Å²) in [7, 11) is 0. The lowest BCUT2D eigenvalue weighted by Gasteiger charge is -2.07.